The van der Waals surface area contributed by atoms with E-state index in [0.29, 0.717) is 5.69 Å². The first-order valence-corrected chi connectivity index (χ1v) is 5.41. The monoisotopic (exact) mass is 216 g/mol. The van der Waals surface area contributed by atoms with Crippen LogP contribution in [0.25, 0.3) is 0 Å². The SMILES string of the molecule is CNS(=O)(=O)c1ccccc1NOC. The number of anilines is 1. The van der Waals surface area contributed by atoms with Gasteiger partial charge >= 0.3 is 0 Å². The van der Waals surface area contributed by atoms with Gasteiger partial charge in [0.1, 0.15) is 4.90 Å². The van der Waals surface area contributed by atoms with Crippen LogP contribution in [-0.2, 0) is 14.9 Å². The van der Waals surface area contributed by atoms with Gasteiger partial charge in [-0.2, -0.15) is 0 Å². The molecule has 0 aliphatic heterocycles. The molecule has 78 valence electrons. The van der Waals surface area contributed by atoms with Gasteiger partial charge in [0, 0.05) is 0 Å². The zero-order chi connectivity index (χ0) is 10.6. The fourth-order valence-electron chi connectivity index (χ4n) is 1.01. The lowest BCUT2D eigenvalue weighted by molar-refractivity contribution is 0.270. The summed E-state index contributed by atoms with van der Waals surface area (Å²) in [6.45, 7) is 0. The highest BCUT2D eigenvalue weighted by molar-refractivity contribution is 7.89. The minimum Gasteiger partial charge on any atom is -0.279 e. The summed E-state index contributed by atoms with van der Waals surface area (Å²) in [5.41, 5.74) is 2.90. The molecular formula is C8H12N2O3S. The molecule has 1 aromatic rings. The largest absolute Gasteiger partial charge is 0.279 e. The number of benzene rings is 1. The van der Waals surface area contributed by atoms with Gasteiger partial charge in [0.15, 0.2) is 0 Å². The van der Waals surface area contributed by atoms with Crippen LogP contribution in [0.3, 0.4) is 0 Å². The number of rotatable bonds is 4. The van der Waals surface area contributed by atoms with E-state index in [4.69, 9.17) is 0 Å². The molecule has 0 saturated heterocycles. The van der Waals surface area contributed by atoms with Gasteiger partial charge in [0.25, 0.3) is 0 Å². The van der Waals surface area contributed by atoms with Gasteiger partial charge in [0.2, 0.25) is 10.0 Å². The Morgan fingerprint density at radius 3 is 2.50 bits per heavy atom. The van der Waals surface area contributed by atoms with Crippen molar-refractivity contribution in [2.45, 2.75) is 4.90 Å². The average Bonchev–Trinajstić information content (AvgIpc) is 2.19. The van der Waals surface area contributed by atoms with Crippen LogP contribution in [0, 0.1) is 0 Å². The van der Waals surface area contributed by atoms with Crippen LogP contribution in [-0.4, -0.2) is 22.6 Å². The smallest absolute Gasteiger partial charge is 0.242 e. The van der Waals surface area contributed by atoms with Crippen LogP contribution >= 0.6 is 0 Å². The molecule has 0 fully saturated rings. The molecule has 0 unspecified atom stereocenters. The molecule has 14 heavy (non-hydrogen) atoms. The Morgan fingerprint density at radius 2 is 1.93 bits per heavy atom. The molecule has 0 bridgehead atoms. The summed E-state index contributed by atoms with van der Waals surface area (Å²) in [7, 11) is -0.664. The van der Waals surface area contributed by atoms with Gasteiger partial charge in [-0.3, -0.25) is 10.3 Å². The fourth-order valence-corrected chi connectivity index (χ4v) is 1.88. The molecule has 0 aromatic heterocycles. The summed E-state index contributed by atoms with van der Waals surface area (Å²) in [5, 5.41) is 0. The highest BCUT2D eigenvalue weighted by atomic mass is 32.2. The van der Waals surface area contributed by atoms with Crippen molar-refractivity contribution in [3.05, 3.63) is 24.3 Å². The van der Waals surface area contributed by atoms with Gasteiger partial charge in [-0.05, 0) is 19.2 Å². The minimum atomic E-state index is -3.44. The number of hydrogen-bond donors (Lipinski definition) is 2. The van der Waals surface area contributed by atoms with Crippen molar-refractivity contribution in [1.29, 1.82) is 0 Å². The summed E-state index contributed by atoms with van der Waals surface area (Å²) >= 11 is 0. The molecule has 0 atom stereocenters. The molecule has 0 spiro atoms. The van der Waals surface area contributed by atoms with Gasteiger partial charge in [-0.15, -0.1) is 0 Å². The quantitative estimate of drug-likeness (QED) is 0.722. The van der Waals surface area contributed by atoms with Crippen LogP contribution in [0.2, 0.25) is 0 Å². The molecule has 1 aromatic carbocycles. The molecule has 0 aliphatic carbocycles. The standard InChI is InChI=1S/C8H12N2O3S/c1-9-14(11,12)8-6-4-3-5-7(8)10-13-2/h3-6,9-10H,1-2H3. The second kappa shape index (κ2) is 4.41. The van der Waals surface area contributed by atoms with Crippen molar-refractivity contribution in [1.82, 2.24) is 4.72 Å². The lowest BCUT2D eigenvalue weighted by atomic mass is 10.3. The van der Waals surface area contributed by atoms with E-state index >= 15 is 0 Å². The molecule has 0 radical (unpaired) electrons. The van der Waals surface area contributed by atoms with Gasteiger partial charge in [-0.25, -0.2) is 13.1 Å². The summed E-state index contributed by atoms with van der Waals surface area (Å²) in [4.78, 5) is 4.82. The normalized spacial score (nSPS) is 11.3. The second-order valence-corrected chi connectivity index (χ2v) is 4.36. The molecule has 0 amide bonds. The van der Waals surface area contributed by atoms with Crippen molar-refractivity contribution in [2.75, 3.05) is 19.6 Å². The van der Waals surface area contributed by atoms with Gasteiger partial charge in [-0.1, -0.05) is 12.1 Å². The highest BCUT2D eigenvalue weighted by Gasteiger charge is 2.15. The number of sulfonamides is 1. The molecule has 0 heterocycles. The Morgan fingerprint density at radius 1 is 1.29 bits per heavy atom. The second-order valence-electron chi connectivity index (χ2n) is 2.51. The number of nitrogens with one attached hydrogen (secondary N) is 2. The van der Waals surface area contributed by atoms with Gasteiger partial charge in [0.05, 0.1) is 12.8 Å². The van der Waals surface area contributed by atoms with E-state index in [1.165, 1.54) is 20.2 Å². The van der Waals surface area contributed by atoms with Crippen LogP contribution < -0.4 is 10.2 Å². The summed E-state index contributed by atoms with van der Waals surface area (Å²) in [6.07, 6.45) is 0. The molecule has 6 heteroatoms. The molecule has 5 nitrogen and oxygen atoms in total. The maximum Gasteiger partial charge on any atom is 0.242 e. The van der Waals surface area contributed by atoms with E-state index in [0.717, 1.165) is 0 Å². The van der Waals surface area contributed by atoms with Gasteiger partial charge < -0.3 is 0 Å². The number of para-hydroxylation sites is 1. The highest BCUT2D eigenvalue weighted by Crippen LogP contribution is 2.19. The Labute approximate surface area is 83.1 Å². The van der Waals surface area contributed by atoms with Crippen molar-refractivity contribution in [3.63, 3.8) is 0 Å². The molecule has 0 saturated carbocycles. The fraction of sp³-hybridized carbons (Fsp3) is 0.250. The molecule has 2 N–H and O–H groups in total. The first-order chi connectivity index (χ1) is 6.61. The van der Waals surface area contributed by atoms with E-state index in [1.54, 1.807) is 18.2 Å². The van der Waals surface area contributed by atoms with E-state index in [9.17, 15) is 8.42 Å². The predicted octanol–water partition coefficient (Wildman–Crippen LogP) is 0.568. The van der Waals surface area contributed by atoms with Crippen LogP contribution in [0.1, 0.15) is 0 Å². The summed E-state index contributed by atoms with van der Waals surface area (Å²) in [5.74, 6) is 0. The zero-order valence-corrected chi connectivity index (χ0v) is 8.76. The Bertz CT molecular complexity index is 403. The van der Waals surface area contributed by atoms with E-state index in [-0.39, 0.29) is 4.90 Å². The van der Waals surface area contributed by atoms with Crippen LogP contribution in [0.5, 0.6) is 0 Å². The lowest BCUT2D eigenvalue weighted by Crippen LogP contribution is -2.20. The van der Waals surface area contributed by atoms with Crippen molar-refractivity contribution < 1.29 is 13.3 Å². The summed E-state index contributed by atoms with van der Waals surface area (Å²) < 4.78 is 25.2. The van der Waals surface area contributed by atoms with Crippen LogP contribution in [0.15, 0.2) is 29.2 Å². The van der Waals surface area contributed by atoms with Crippen molar-refractivity contribution >= 4 is 15.7 Å². The van der Waals surface area contributed by atoms with E-state index < -0.39 is 10.0 Å². The number of hydrogen-bond acceptors (Lipinski definition) is 4. The average molecular weight is 216 g/mol. The van der Waals surface area contributed by atoms with Crippen molar-refractivity contribution in [2.24, 2.45) is 0 Å². The van der Waals surface area contributed by atoms with E-state index in [1.807, 2.05) is 0 Å². The maximum absolute atomic E-state index is 11.5. The third-order valence-corrected chi connectivity index (χ3v) is 3.13. The topological polar surface area (TPSA) is 67.4 Å². The lowest BCUT2D eigenvalue weighted by Gasteiger charge is -2.09. The summed E-state index contributed by atoms with van der Waals surface area (Å²) in [6, 6.07) is 6.47. The Hall–Kier alpha value is -1.11. The minimum absolute atomic E-state index is 0.157. The first kappa shape index (κ1) is 11.0. The molecular weight excluding hydrogens is 204 g/mol. The van der Waals surface area contributed by atoms with E-state index in [2.05, 4.69) is 15.0 Å². The Kier molecular flexibility index (Phi) is 3.45. The van der Waals surface area contributed by atoms with Crippen molar-refractivity contribution in [3.8, 4) is 0 Å². The third kappa shape index (κ3) is 2.22. The van der Waals surface area contributed by atoms with Crippen LogP contribution in [0.4, 0.5) is 5.69 Å². The third-order valence-electron chi connectivity index (χ3n) is 1.66. The Balaban J connectivity index is 3.20. The zero-order valence-electron chi connectivity index (χ0n) is 7.94. The molecule has 0 aliphatic rings. The predicted molar refractivity (Wildman–Crippen MR) is 53.3 cm³/mol. The molecule has 1 rings (SSSR count). The maximum atomic E-state index is 11.5. The first-order valence-electron chi connectivity index (χ1n) is 3.93.